The number of aliphatic hydroxyl groups excluding tert-OH is 4. The Balaban J connectivity index is 4.86. The van der Waals surface area contributed by atoms with Crippen molar-refractivity contribution < 1.29 is 76.9 Å². The predicted octanol–water partition coefficient (Wildman–Crippen LogP) is 7.92. The van der Waals surface area contributed by atoms with Gasteiger partial charge in [-0.2, -0.15) is 0 Å². The fourth-order valence-corrected chi connectivity index (χ4v) is 6.60. The monoisotopic (exact) mass is 922 g/mol. The average Bonchev–Trinajstić information content (AvgIpc) is 3.22. The van der Waals surface area contributed by atoms with Crippen LogP contribution in [0.5, 0.6) is 0 Å². The fraction of sp³-hybridized carbons (Fsp3) is 0.682. The van der Waals surface area contributed by atoms with E-state index in [9.17, 15) is 44.0 Å². The second kappa shape index (κ2) is 38.9. The first kappa shape index (κ1) is 59.4. The Labute approximate surface area is 369 Å². The number of carbonyl (C=O) groups is 2. The third-order valence-electron chi connectivity index (χ3n) is 8.91. The van der Waals surface area contributed by atoms with Crippen LogP contribution in [0.15, 0.2) is 72.9 Å². The van der Waals surface area contributed by atoms with Gasteiger partial charge in [-0.15, -0.1) is 0 Å². The number of aliphatic hydroxyl groups is 4. The largest absolute Gasteiger partial charge is 0.472 e. The predicted molar refractivity (Wildman–Crippen MR) is 239 cm³/mol. The highest BCUT2D eigenvalue weighted by atomic mass is 31.2. The molecule has 0 aromatic rings. The average molecular weight is 923 g/mol. The zero-order valence-electron chi connectivity index (χ0n) is 36.8. The van der Waals surface area contributed by atoms with Crippen molar-refractivity contribution in [3.8, 4) is 0 Å². The van der Waals surface area contributed by atoms with E-state index in [0.717, 1.165) is 57.8 Å². The highest BCUT2D eigenvalue weighted by Gasteiger charge is 2.28. The van der Waals surface area contributed by atoms with E-state index in [1.807, 2.05) is 19.1 Å². The van der Waals surface area contributed by atoms with Gasteiger partial charge in [0.15, 0.2) is 6.10 Å². The normalized spacial score (nSPS) is 16.2. The highest BCUT2D eigenvalue weighted by molar-refractivity contribution is 7.47. The first-order valence-electron chi connectivity index (χ1n) is 22.0. The van der Waals surface area contributed by atoms with Crippen LogP contribution in [0.3, 0.4) is 0 Å². The van der Waals surface area contributed by atoms with Crippen molar-refractivity contribution in [2.45, 2.75) is 166 Å². The van der Waals surface area contributed by atoms with E-state index in [0.29, 0.717) is 12.8 Å². The van der Waals surface area contributed by atoms with Gasteiger partial charge in [0.25, 0.3) is 0 Å². The van der Waals surface area contributed by atoms with Crippen molar-refractivity contribution in [2.75, 3.05) is 26.4 Å². The molecule has 0 amide bonds. The maximum absolute atomic E-state index is 12.7. The number of phosphoric acid groups is 2. The Bertz CT molecular complexity index is 1420. The van der Waals surface area contributed by atoms with Gasteiger partial charge in [-0.05, 0) is 57.8 Å². The van der Waals surface area contributed by atoms with E-state index in [4.69, 9.17) is 23.8 Å². The van der Waals surface area contributed by atoms with Gasteiger partial charge in [0.2, 0.25) is 0 Å². The summed E-state index contributed by atoms with van der Waals surface area (Å²) in [4.78, 5) is 52.7. The molecule has 0 fully saturated rings. The maximum atomic E-state index is 12.7. The molecule has 6 atom stereocenters. The van der Waals surface area contributed by atoms with Gasteiger partial charge in [0.1, 0.15) is 12.7 Å². The minimum absolute atomic E-state index is 0.0191. The van der Waals surface area contributed by atoms with Crippen LogP contribution >= 0.6 is 15.6 Å². The van der Waals surface area contributed by atoms with E-state index >= 15 is 0 Å². The van der Waals surface area contributed by atoms with Crippen LogP contribution in [-0.4, -0.2) is 104 Å². The summed E-state index contributed by atoms with van der Waals surface area (Å²) in [6.07, 6.45) is 31.2. The number of rotatable bonds is 40. The number of allylic oxidation sites excluding steroid dienone is 9. The van der Waals surface area contributed by atoms with E-state index in [1.54, 1.807) is 42.5 Å². The Kier molecular flexibility index (Phi) is 37.3. The molecule has 16 nitrogen and oxygen atoms in total. The van der Waals surface area contributed by atoms with Gasteiger partial charge >= 0.3 is 27.6 Å². The summed E-state index contributed by atoms with van der Waals surface area (Å²) in [5, 5.41) is 40.2. The lowest BCUT2D eigenvalue weighted by Crippen LogP contribution is -2.30. The van der Waals surface area contributed by atoms with Gasteiger partial charge in [0, 0.05) is 12.8 Å². The van der Waals surface area contributed by atoms with Crippen LogP contribution in [0.4, 0.5) is 0 Å². The van der Waals surface area contributed by atoms with Crippen LogP contribution in [0.2, 0.25) is 0 Å². The summed E-state index contributed by atoms with van der Waals surface area (Å²) < 4.78 is 47.5. The van der Waals surface area contributed by atoms with E-state index in [-0.39, 0.29) is 25.7 Å². The molecule has 0 aromatic carbocycles. The Morgan fingerprint density at radius 3 is 1.76 bits per heavy atom. The summed E-state index contributed by atoms with van der Waals surface area (Å²) in [5.74, 6) is -1.37. The Morgan fingerprint density at radius 1 is 0.581 bits per heavy atom. The number of hydrogen-bond donors (Lipinski definition) is 7. The molecule has 0 radical (unpaired) electrons. The second-order valence-corrected chi connectivity index (χ2v) is 17.5. The van der Waals surface area contributed by atoms with Crippen molar-refractivity contribution in [1.29, 1.82) is 0 Å². The quantitative estimate of drug-likeness (QED) is 0.0101. The number of esters is 2. The molecule has 0 aliphatic rings. The number of phosphoric ester groups is 2. The zero-order chi connectivity index (χ0) is 46.3. The molecule has 0 saturated heterocycles. The van der Waals surface area contributed by atoms with Crippen molar-refractivity contribution >= 4 is 27.6 Å². The molecule has 0 rings (SSSR count). The SMILES string of the molecule is CC/C=C\C[C@H](O)/C=C/C=C/C=C\C=C/[C@@H](O)[C@H](O)CCCC(=O)O[C@H](COC(=O)CCCCCCCCC/C=C\CCCCCC)COP(=O)(O)OC[C@@H](O)COP(=O)(O)O. The molecule has 0 bridgehead atoms. The van der Waals surface area contributed by atoms with Crippen molar-refractivity contribution in [3.63, 3.8) is 0 Å². The second-order valence-electron chi connectivity index (χ2n) is 14.8. The lowest BCUT2D eigenvalue weighted by molar-refractivity contribution is -0.161. The molecule has 0 heterocycles. The summed E-state index contributed by atoms with van der Waals surface area (Å²) in [6.45, 7) is 1.14. The zero-order valence-corrected chi connectivity index (χ0v) is 38.6. The van der Waals surface area contributed by atoms with Crippen LogP contribution < -0.4 is 0 Å². The molecular weight excluding hydrogens is 846 g/mol. The molecule has 0 spiro atoms. The van der Waals surface area contributed by atoms with Gasteiger partial charge in [0.05, 0.1) is 38.1 Å². The van der Waals surface area contributed by atoms with Gasteiger partial charge in [-0.3, -0.25) is 23.2 Å². The topological polar surface area (TPSA) is 256 Å². The van der Waals surface area contributed by atoms with Gasteiger partial charge < -0.3 is 44.6 Å². The molecule has 0 aliphatic carbocycles. The molecule has 0 aromatic heterocycles. The van der Waals surface area contributed by atoms with Crippen molar-refractivity contribution in [3.05, 3.63) is 72.9 Å². The standard InChI is InChI=1S/C44H76O16P2/c1-3-5-7-8-9-10-11-12-13-14-15-16-17-22-26-32-43(49)56-36-40(37-59-62(54,55)58-35-39(46)34-57-61(51,52)53)60-44(50)33-27-31-42(48)41(47)30-25-21-19-18-20-24-29-38(45)28-23-6-4-2/h6,10-11,18-21,23-25,29-30,38-42,45-48H,3-5,7-9,12-17,22,26-28,31-37H2,1-2H3,(H,54,55)(H2,51,52,53)/b11-10-,20-18+,21-19-,23-6-,29-24+,30-25-/t38-,39-,40+,41+,42+/m0/s1. The molecule has 1 unspecified atom stereocenters. The third kappa shape index (κ3) is 40.2. The fourth-order valence-electron chi connectivity index (χ4n) is 5.45. The van der Waals surface area contributed by atoms with Crippen LogP contribution in [0.1, 0.15) is 136 Å². The molecule has 358 valence electrons. The Morgan fingerprint density at radius 2 is 1.13 bits per heavy atom. The van der Waals surface area contributed by atoms with Crippen LogP contribution in [0.25, 0.3) is 0 Å². The van der Waals surface area contributed by atoms with E-state index in [1.165, 1.54) is 31.8 Å². The van der Waals surface area contributed by atoms with Crippen molar-refractivity contribution in [1.82, 2.24) is 0 Å². The molecule has 0 saturated carbocycles. The lowest BCUT2D eigenvalue weighted by atomic mass is 10.1. The number of hydrogen-bond acceptors (Lipinski definition) is 13. The Hall–Kier alpha value is -2.56. The minimum Gasteiger partial charge on any atom is -0.462 e. The van der Waals surface area contributed by atoms with E-state index < -0.39 is 84.5 Å². The number of carbonyl (C=O) groups excluding carboxylic acids is 2. The van der Waals surface area contributed by atoms with Crippen LogP contribution in [0, 0.1) is 0 Å². The van der Waals surface area contributed by atoms with E-state index in [2.05, 4.69) is 28.1 Å². The lowest BCUT2D eigenvalue weighted by Gasteiger charge is -2.21. The van der Waals surface area contributed by atoms with Gasteiger partial charge in [-0.25, -0.2) is 9.13 Å². The van der Waals surface area contributed by atoms with Gasteiger partial charge in [-0.1, -0.05) is 138 Å². The molecule has 7 N–H and O–H groups in total. The molecular formula is C44H76O16P2. The maximum Gasteiger partial charge on any atom is 0.472 e. The van der Waals surface area contributed by atoms with Crippen LogP contribution in [-0.2, 0) is 41.8 Å². The third-order valence-corrected chi connectivity index (χ3v) is 10.3. The summed E-state index contributed by atoms with van der Waals surface area (Å²) >= 11 is 0. The minimum atomic E-state index is -4.91. The summed E-state index contributed by atoms with van der Waals surface area (Å²) in [6, 6.07) is 0. The first-order valence-corrected chi connectivity index (χ1v) is 25.0. The highest BCUT2D eigenvalue weighted by Crippen LogP contribution is 2.43. The smallest absolute Gasteiger partial charge is 0.462 e. The number of unbranched alkanes of at least 4 members (excludes halogenated alkanes) is 11. The summed E-state index contributed by atoms with van der Waals surface area (Å²) in [5.41, 5.74) is 0. The molecule has 62 heavy (non-hydrogen) atoms. The molecule has 0 aliphatic heterocycles. The van der Waals surface area contributed by atoms with Crippen molar-refractivity contribution in [2.24, 2.45) is 0 Å². The number of ether oxygens (including phenoxy) is 2. The molecule has 18 heteroatoms. The first-order chi connectivity index (χ1) is 29.6. The summed E-state index contributed by atoms with van der Waals surface area (Å²) in [7, 11) is -9.82.